The molecular weight excluding hydrogens is 324 g/mol. The Morgan fingerprint density at radius 1 is 1.29 bits per heavy atom. The van der Waals surface area contributed by atoms with Crippen molar-refractivity contribution in [1.29, 1.82) is 0 Å². The van der Waals surface area contributed by atoms with Gasteiger partial charge < -0.3 is 4.42 Å². The number of amides is 1. The summed E-state index contributed by atoms with van der Waals surface area (Å²) >= 11 is 1.40. The second-order valence-electron chi connectivity index (χ2n) is 6.10. The summed E-state index contributed by atoms with van der Waals surface area (Å²) in [5.74, 6) is 0.926. The molecule has 1 amide bonds. The van der Waals surface area contributed by atoms with Gasteiger partial charge in [0.1, 0.15) is 11.3 Å². The Bertz CT molecular complexity index is 930. The highest BCUT2D eigenvalue weighted by Gasteiger charge is 2.35. The average Bonchev–Trinajstić information content (AvgIpc) is 3.18. The quantitative estimate of drug-likeness (QED) is 0.732. The summed E-state index contributed by atoms with van der Waals surface area (Å²) in [5.41, 5.74) is 3.64. The van der Waals surface area contributed by atoms with E-state index in [4.69, 9.17) is 4.42 Å². The second-order valence-corrected chi connectivity index (χ2v) is 7.26. The maximum absolute atomic E-state index is 12.7. The Kier molecular flexibility index (Phi) is 3.60. The third kappa shape index (κ3) is 2.58. The first-order valence-electron chi connectivity index (χ1n) is 7.87. The summed E-state index contributed by atoms with van der Waals surface area (Å²) in [5, 5.41) is 4.70. The molecule has 1 aromatic carbocycles. The van der Waals surface area contributed by atoms with E-state index in [0.717, 1.165) is 34.6 Å². The molecule has 1 saturated heterocycles. The summed E-state index contributed by atoms with van der Waals surface area (Å²) in [6, 6.07) is 7.84. The van der Waals surface area contributed by atoms with E-state index in [1.54, 1.807) is 9.58 Å². The molecule has 1 aliphatic rings. The van der Waals surface area contributed by atoms with Crippen molar-refractivity contribution in [2.24, 2.45) is 7.05 Å². The minimum absolute atomic E-state index is 0.0847. The molecule has 24 heavy (non-hydrogen) atoms. The van der Waals surface area contributed by atoms with Crippen molar-refractivity contribution < 1.29 is 9.21 Å². The molecule has 0 bridgehead atoms. The van der Waals surface area contributed by atoms with E-state index in [-0.39, 0.29) is 11.2 Å². The largest absolute Gasteiger partial charge is 0.431 e. The minimum Gasteiger partial charge on any atom is -0.431 e. The van der Waals surface area contributed by atoms with Gasteiger partial charge in [-0.05, 0) is 38.0 Å². The number of oxazole rings is 1. The van der Waals surface area contributed by atoms with Crippen LogP contribution < -0.4 is 4.90 Å². The van der Waals surface area contributed by atoms with Crippen molar-refractivity contribution in [3.05, 3.63) is 35.5 Å². The molecule has 3 heterocycles. The standard InChI is InChI=1S/C17H18N4O2S/c1-10-4-5-13-12(8-10)18-17(23-13)24-14-6-7-21(16(14)22)15-9-11(2)19-20(15)3/h4-5,8-9,14H,6-7H2,1-3H3/t14-/m0/s1. The molecule has 1 atom stereocenters. The number of rotatable bonds is 3. The van der Waals surface area contributed by atoms with E-state index in [1.165, 1.54) is 11.8 Å². The van der Waals surface area contributed by atoms with Crippen LogP contribution in [-0.4, -0.2) is 32.5 Å². The highest BCUT2D eigenvalue weighted by atomic mass is 32.2. The SMILES string of the molecule is Cc1ccc2oc(S[C@H]3CCN(c4cc(C)nn4C)C3=O)nc2c1. The molecule has 0 unspecified atom stereocenters. The number of hydrogen-bond donors (Lipinski definition) is 0. The molecule has 1 fully saturated rings. The zero-order valence-electron chi connectivity index (χ0n) is 13.8. The summed E-state index contributed by atoms with van der Waals surface area (Å²) in [4.78, 5) is 19.0. The number of fused-ring (bicyclic) bond motifs is 1. The molecule has 3 aromatic rings. The number of hydrogen-bond acceptors (Lipinski definition) is 5. The monoisotopic (exact) mass is 342 g/mol. The molecular formula is C17H18N4O2S. The minimum atomic E-state index is -0.172. The highest BCUT2D eigenvalue weighted by Crippen LogP contribution is 2.34. The van der Waals surface area contributed by atoms with Crippen LogP contribution >= 0.6 is 11.8 Å². The lowest BCUT2D eigenvalue weighted by Gasteiger charge is -2.15. The predicted octanol–water partition coefficient (Wildman–Crippen LogP) is 3.08. The van der Waals surface area contributed by atoms with Gasteiger partial charge in [0.05, 0.1) is 10.9 Å². The van der Waals surface area contributed by atoms with Gasteiger partial charge in [0.2, 0.25) is 5.91 Å². The van der Waals surface area contributed by atoms with Crippen molar-refractivity contribution in [3.8, 4) is 0 Å². The molecule has 0 radical (unpaired) electrons. The smallest absolute Gasteiger partial charge is 0.257 e. The Morgan fingerprint density at radius 3 is 2.88 bits per heavy atom. The van der Waals surface area contributed by atoms with Crippen molar-refractivity contribution in [1.82, 2.24) is 14.8 Å². The Morgan fingerprint density at radius 2 is 2.12 bits per heavy atom. The zero-order chi connectivity index (χ0) is 16.8. The number of nitrogens with zero attached hydrogens (tertiary/aromatic N) is 4. The van der Waals surface area contributed by atoms with Gasteiger partial charge in [-0.15, -0.1) is 0 Å². The van der Waals surface area contributed by atoms with E-state index >= 15 is 0 Å². The topological polar surface area (TPSA) is 64.2 Å². The van der Waals surface area contributed by atoms with Gasteiger partial charge >= 0.3 is 0 Å². The van der Waals surface area contributed by atoms with Gasteiger partial charge in [-0.25, -0.2) is 4.98 Å². The van der Waals surface area contributed by atoms with Crippen LogP contribution in [0.15, 0.2) is 33.9 Å². The summed E-state index contributed by atoms with van der Waals surface area (Å²) in [7, 11) is 1.86. The third-order valence-electron chi connectivity index (χ3n) is 4.18. The van der Waals surface area contributed by atoms with Crippen LogP contribution in [0.1, 0.15) is 17.7 Å². The van der Waals surface area contributed by atoms with Gasteiger partial charge in [-0.1, -0.05) is 17.8 Å². The fourth-order valence-electron chi connectivity index (χ4n) is 3.03. The first-order chi connectivity index (χ1) is 11.5. The normalized spacial score (nSPS) is 18.0. The first-order valence-corrected chi connectivity index (χ1v) is 8.75. The fraction of sp³-hybridized carbons (Fsp3) is 0.353. The molecule has 0 spiro atoms. The zero-order valence-corrected chi connectivity index (χ0v) is 14.6. The summed E-state index contributed by atoms with van der Waals surface area (Å²) < 4.78 is 7.52. The molecule has 6 nitrogen and oxygen atoms in total. The highest BCUT2D eigenvalue weighted by molar-refractivity contribution is 8.00. The van der Waals surface area contributed by atoms with Crippen LogP contribution in [0.25, 0.3) is 11.1 Å². The van der Waals surface area contributed by atoms with Crippen molar-refractivity contribution in [3.63, 3.8) is 0 Å². The van der Waals surface area contributed by atoms with Crippen LogP contribution in [0.3, 0.4) is 0 Å². The predicted molar refractivity (Wildman–Crippen MR) is 93.3 cm³/mol. The van der Waals surface area contributed by atoms with Gasteiger partial charge in [0.15, 0.2) is 5.58 Å². The first kappa shape index (κ1) is 15.3. The Labute approximate surface area is 143 Å². The number of benzene rings is 1. The maximum atomic E-state index is 12.7. The number of carbonyl (C=O) groups excluding carboxylic acids is 1. The van der Waals surface area contributed by atoms with Crippen LogP contribution in [0, 0.1) is 13.8 Å². The van der Waals surface area contributed by atoms with Gasteiger partial charge in [0.25, 0.3) is 5.22 Å². The number of aromatic nitrogens is 3. The molecule has 7 heteroatoms. The van der Waals surface area contributed by atoms with Gasteiger partial charge in [-0.3, -0.25) is 14.4 Å². The van der Waals surface area contributed by atoms with Crippen LogP contribution in [0.5, 0.6) is 0 Å². The number of anilines is 1. The van der Waals surface area contributed by atoms with E-state index in [9.17, 15) is 4.79 Å². The van der Waals surface area contributed by atoms with Crippen molar-refractivity contribution in [2.45, 2.75) is 30.7 Å². The Balaban J connectivity index is 1.54. The van der Waals surface area contributed by atoms with E-state index in [0.29, 0.717) is 11.8 Å². The number of carbonyl (C=O) groups is 1. The maximum Gasteiger partial charge on any atom is 0.257 e. The lowest BCUT2D eigenvalue weighted by atomic mass is 10.2. The third-order valence-corrected chi connectivity index (χ3v) is 5.27. The van der Waals surface area contributed by atoms with Crippen LogP contribution in [-0.2, 0) is 11.8 Å². The lowest BCUT2D eigenvalue weighted by Crippen LogP contribution is -2.29. The van der Waals surface area contributed by atoms with Crippen molar-refractivity contribution >= 4 is 34.6 Å². The van der Waals surface area contributed by atoms with Crippen LogP contribution in [0.2, 0.25) is 0 Å². The number of aryl methyl sites for hydroxylation is 3. The van der Waals surface area contributed by atoms with Crippen molar-refractivity contribution in [2.75, 3.05) is 11.4 Å². The molecule has 1 aliphatic heterocycles. The lowest BCUT2D eigenvalue weighted by molar-refractivity contribution is -0.116. The molecule has 124 valence electrons. The van der Waals surface area contributed by atoms with Gasteiger partial charge in [-0.2, -0.15) is 5.10 Å². The van der Waals surface area contributed by atoms with Gasteiger partial charge in [0, 0.05) is 19.7 Å². The molecule has 0 aliphatic carbocycles. The Hall–Kier alpha value is -2.28. The summed E-state index contributed by atoms with van der Waals surface area (Å²) in [6.07, 6.45) is 0.769. The van der Waals surface area contributed by atoms with Crippen LogP contribution in [0.4, 0.5) is 5.82 Å². The molecule has 0 N–H and O–H groups in total. The van der Waals surface area contributed by atoms with E-state index < -0.39 is 0 Å². The van der Waals surface area contributed by atoms with E-state index in [2.05, 4.69) is 10.1 Å². The average molecular weight is 342 g/mol. The van der Waals surface area contributed by atoms with E-state index in [1.807, 2.05) is 45.2 Å². The summed E-state index contributed by atoms with van der Waals surface area (Å²) in [6.45, 7) is 4.64. The fourth-order valence-corrected chi connectivity index (χ4v) is 4.01. The molecule has 4 rings (SSSR count). The number of thioether (sulfide) groups is 1. The molecule has 2 aromatic heterocycles. The second kappa shape index (κ2) is 5.66. The molecule has 0 saturated carbocycles.